The molecule has 2 aromatic rings. The molecular formula is C17H17FN2O4S. The third-order valence-electron chi connectivity index (χ3n) is 3.90. The van der Waals surface area contributed by atoms with Gasteiger partial charge in [0.2, 0.25) is 0 Å². The lowest BCUT2D eigenvalue weighted by molar-refractivity contribution is -0.122. The molecule has 0 saturated heterocycles. The van der Waals surface area contributed by atoms with Crippen LogP contribution < -0.4 is 9.62 Å². The molecule has 0 aromatic heterocycles. The number of hydrogen-bond acceptors (Lipinski definition) is 4. The number of carbonyl (C=O) groups is 1. The van der Waals surface area contributed by atoms with Gasteiger partial charge >= 0.3 is 0 Å². The van der Waals surface area contributed by atoms with Crippen LogP contribution in [0.15, 0.2) is 47.4 Å². The van der Waals surface area contributed by atoms with Crippen molar-refractivity contribution in [2.24, 2.45) is 0 Å². The fourth-order valence-corrected chi connectivity index (χ4v) is 3.85. The van der Waals surface area contributed by atoms with Gasteiger partial charge in [0, 0.05) is 25.0 Å². The number of ether oxygens (including phenoxy) is 1. The van der Waals surface area contributed by atoms with Crippen LogP contribution in [-0.2, 0) is 26.0 Å². The highest BCUT2D eigenvalue weighted by Gasteiger charge is 2.25. The number of sulfonamides is 1. The molecule has 1 amide bonds. The van der Waals surface area contributed by atoms with E-state index in [1.807, 2.05) is 0 Å². The molecule has 25 heavy (non-hydrogen) atoms. The van der Waals surface area contributed by atoms with Crippen molar-refractivity contribution in [1.82, 2.24) is 0 Å². The Morgan fingerprint density at radius 2 is 2.08 bits per heavy atom. The normalized spacial score (nSPS) is 13.6. The highest BCUT2D eigenvalue weighted by atomic mass is 32.2. The molecule has 0 radical (unpaired) electrons. The molecule has 6 nitrogen and oxygen atoms in total. The summed E-state index contributed by atoms with van der Waals surface area (Å²) in [6.45, 7) is 0.519. The van der Waals surface area contributed by atoms with Gasteiger partial charge in [0.15, 0.2) is 0 Å². The smallest absolute Gasteiger partial charge is 0.261 e. The number of amides is 1. The molecule has 2 aromatic carbocycles. The summed E-state index contributed by atoms with van der Waals surface area (Å²) in [5.74, 6) is -0.765. The molecule has 0 fully saturated rings. The zero-order chi connectivity index (χ0) is 18.0. The molecule has 8 heteroatoms. The second kappa shape index (κ2) is 6.81. The second-order valence-electron chi connectivity index (χ2n) is 5.63. The van der Waals surface area contributed by atoms with Crippen LogP contribution in [0.1, 0.15) is 5.56 Å². The van der Waals surface area contributed by atoms with E-state index in [0.717, 1.165) is 17.3 Å². The Morgan fingerprint density at radius 3 is 2.80 bits per heavy atom. The van der Waals surface area contributed by atoms with Crippen LogP contribution in [0, 0.1) is 5.82 Å². The summed E-state index contributed by atoms with van der Waals surface area (Å²) in [5, 5.41) is 0. The van der Waals surface area contributed by atoms with E-state index in [-0.39, 0.29) is 17.4 Å². The lowest BCUT2D eigenvalue weighted by atomic mass is 10.1. The van der Waals surface area contributed by atoms with E-state index in [0.29, 0.717) is 18.7 Å². The summed E-state index contributed by atoms with van der Waals surface area (Å²) >= 11 is 0. The standard InChI is InChI=1S/C17H17FN2O4S/c1-24-11-17(21)20-8-7-12-9-14(5-6-16(12)20)19-25(22,23)15-4-2-3-13(18)10-15/h2-6,9-10,19H,7-8,11H2,1H3. The van der Waals surface area contributed by atoms with Crippen LogP contribution >= 0.6 is 0 Å². The Balaban J connectivity index is 1.83. The predicted octanol–water partition coefficient (Wildman–Crippen LogP) is 2.16. The number of fused-ring (bicyclic) bond motifs is 1. The van der Waals surface area contributed by atoms with Crippen LogP contribution in [0.2, 0.25) is 0 Å². The number of halogens is 1. The Morgan fingerprint density at radius 1 is 1.28 bits per heavy atom. The first kappa shape index (κ1) is 17.4. The van der Waals surface area contributed by atoms with Crippen molar-refractivity contribution in [3.63, 3.8) is 0 Å². The maximum atomic E-state index is 13.3. The Bertz CT molecular complexity index is 915. The van der Waals surface area contributed by atoms with Gasteiger partial charge in [-0.3, -0.25) is 9.52 Å². The molecule has 0 aliphatic carbocycles. The van der Waals surface area contributed by atoms with Crippen LogP contribution in [-0.4, -0.2) is 34.6 Å². The van der Waals surface area contributed by atoms with E-state index in [1.165, 1.54) is 25.3 Å². The fourth-order valence-electron chi connectivity index (χ4n) is 2.77. The van der Waals surface area contributed by atoms with Crippen molar-refractivity contribution in [1.29, 1.82) is 0 Å². The van der Waals surface area contributed by atoms with E-state index in [9.17, 15) is 17.6 Å². The summed E-state index contributed by atoms with van der Waals surface area (Å²) in [6.07, 6.45) is 0.625. The van der Waals surface area contributed by atoms with E-state index in [2.05, 4.69) is 4.72 Å². The number of hydrogen-bond donors (Lipinski definition) is 1. The molecule has 1 N–H and O–H groups in total. The Hall–Kier alpha value is -2.45. The summed E-state index contributed by atoms with van der Waals surface area (Å²) in [6, 6.07) is 9.76. The monoisotopic (exact) mass is 364 g/mol. The maximum Gasteiger partial charge on any atom is 0.261 e. The van der Waals surface area contributed by atoms with Gasteiger partial charge < -0.3 is 9.64 Å². The summed E-state index contributed by atoms with van der Waals surface area (Å²) in [5.41, 5.74) is 1.98. The molecule has 0 atom stereocenters. The van der Waals surface area contributed by atoms with Gasteiger partial charge in [-0.1, -0.05) is 6.07 Å². The molecule has 0 unspecified atom stereocenters. The number of nitrogens with one attached hydrogen (secondary N) is 1. The van der Waals surface area contributed by atoms with E-state index in [1.54, 1.807) is 23.1 Å². The van der Waals surface area contributed by atoms with Crippen LogP contribution in [0.25, 0.3) is 0 Å². The summed E-state index contributed by atoms with van der Waals surface area (Å²) in [4.78, 5) is 13.5. The summed E-state index contributed by atoms with van der Waals surface area (Å²) < 4.78 is 45.3. The fraction of sp³-hybridized carbons (Fsp3) is 0.235. The number of nitrogens with zero attached hydrogens (tertiary/aromatic N) is 1. The number of carbonyl (C=O) groups excluding carboxylic acids is 1. The zero-order valence-electron chi connectivity index (χ0n) is 13.5. The predicted molar refractivity (Wildman–Crippen MR) is 91.6 cm³/mol. The molecule has 132 valence electrons. The highest BCUT2D eigenvalue weighted by molar-refractivity contribution is 7.92. The van der Waals surface area contributed by atoms with E-state index in [4.69, 9.17) is 4.74 Å². The summed E-state index contributed by atoms with van der Waals surface area (Å²) in [7, 11) is -2.42. The lowest BCUT2D eigenvalue weighted by Crippen LogP contribution is -2.31. The first-order chi connectivity index (χ1) is 11.9. The molecule has 0 spiro atoms. The molecule has 1 aliphatic rings. The SMILES string of the molecule is COCC(=O)N1CCc2cc(NS(=O)(=O)c3cccc(F)c3)ccc21. The molecule has 1 heterocycles. The Kier molecular flexibility index (Phi) is 4.73. The van der Waals surface area contributed by atoms with Crippen LogP contribution in [0.5, 0.6) is 0 Å². The van der Waals surface area contributed by atoms with Gasteiger partial charge in [0.1, 0.15) is 12.4 Å². The third kappa shape index (κ3) is 3.64. The van der Waals surface area contributed by atoms with Crippen molar-refractivity contribution < 1.29 is 22.3 Å². The highest BCUT2D eigenvalue weighted by Crippen LogP contribution is 2.31. The van der Waals surface area contributed by atoms with Gasteiger partial charge in [-0.15, -0.1) is 0 Å². The van der Waals surface area contributed by atoms with Crippen molar-refractivity contribution in [3.8, 4) is 0 Å². The topological polar surface area (TPSA) is 75.7 Å². The van der Waals surface area contributed by atoms with Gasteiger partial charge in [-0.2, -0.15) is 0 Å². The minimum absolute atomic E-state index is 0.00656. The molecular weight excluding hydrogens is 347 g/mol. The second-order valence-corrected chi connectivity index (χ2v) is 7.32. The average molecular weight is 364 g/mol. The van der Waals surface area contributed by atoms with Gasteiger partial charge in [-0.25, -0.2) is 12.8 Å². The van der Waals surface area contributed by atoms with E-state index < -0.39 is 15.8 Å². The largest absolute Gasteiger partial charge is 0.375 e. The average Bonchev–Trinajstić information content (AvgIpc) is 2.98. The van der Waals surface area contributed by atoms with Gasteiger partial charge in [0.25, 0.3) is 15.9 Å². The molecule has 3 rings (SSSR count). The first-order valence-corrected chi connectivity index (χ1v) is 9.09. The number of anilines is 2. The van der Waals surface area contributed by atoms with E-state index >= 15 is 0 Å². The quantitative estimate of drug-likeness (QED) is 0.882. The van der Waals surface area contributed by atoms with Crippen LogP contribution in [0.3, 0.4) is 0 Å². The molecule has 0 bridgehead atoms. The Labute approximate surface area is 145 Å². The lowest BCUT2D eigenvalue weighted by Gasteiger charge is -2.17. The minimum Gasteiger partial charge on any atom is -0.375 e. The number of methoxy groups -OCH3 is 1. The van der Waals surface area contributed by atoms with Crippen molar-refractivity contribution in [2.45, 2.75) is 11.3 Å². The van der Waals surface area contributed by atoms with Gasteiger partial charge in [-0.05, 0) is 48.4 Å². The number of rotatable bonds is 5. The van der Waals surface area contributed by atoms with Crippen LogP contribution in [0.4, 0.5) is 15.8 Å². The zero-order valence-corrected chi connectivity index (χ0v) is 14.3. The first-order valence-electron chi connectivity index (χ1n) is 7.61. The third-order valence-corrected chi connectivity index (χ3v) is 5.28. The van der Waals surface area contributed by atoms with Crippen molar-refractivity contribution in [2.75, 3.05) is 29.9 Å². The number of benzene rings is 2. The van der Waals surface area contributed by atoms with Gasteiger partial charge in [0.05, 0.1) is 4.90 Å². The van der Waals surface area contributed by atoms with Crippen molar-refractivity contribution >= 4 is 27.3 Å². The maximum absolute atomic E-state index is 13.3. The van der Waals surface area contributed by atoms with Crippen molar-refractivity contribution in [3.05, 3.63) is 53.8 Å². The minimum atomic E-state index is -3.88. The molecule has 1 aliphatic heterocycles. The molecule has 0 saturated carbocycles.